The highest BCUT2D eigenvalue weighted by atomic mass is 16.5. The third kappa shape index (κ3) is 2.79. The zero-order valence-electron chi connectivity index (χ0n) is 11.5. The molecule has 0 aromatic heterocycles. The molecule has 0 saturated carbocycles. The number of Topliss-reactive ketones (excluding diaryl/α,β-unsaturated/α-hetero) is 1. The second kappa shape index (κ2) is 6.19. The van der Waals surface area contributed by atoms with Gasteiger partial charge in [0.2, 0.25) is 0 Å². The third-order valence-corrected chi connectivity index (χ3v) is 3.01. The Morgan fingerprint density at radius 2 is 1.75 bits per heavy atom. The summed E-state index contributed by atoms with van der Waals surface area (Å²) in [5, 5.41) is 1.63. The molecule has 0 amide bonds. The molecular weight excluding hydrogens is 256 g/mol. The number of methoxy groups -OCH3 is 1. The fourth-order valence-corrected chi connectivity index (χ4v) is 2.13. The third-order valence-electron chi connectivity index (χ3n) is 3.01. The van der Waals surface area contributed by atoms with Crippen LogP contribution in [-0.4, -0.2) is 25.5 Å². The van der Waals surface area contributed by atoms with Gasteiger partial charge in [0.25, 0.3) is 0 Å². The Morgan fingerprint density at radius 1 is 1.05 bits per heavy atom. The highest BCUT2D eigenvalue weighted by Crippen LogP contribution is 2.28. The van der Waals surface area contributed by atoms with Crippen molar-refractivity contribution < 1.29 is 19.1 Å². The van der Waals surface area contributed by atoms with Crippen molar-refractivity contribution in [2.45, 2.75) is 13.3 Å². The molecule has 2 aromatic carbocycles. The molecule has 2 rings (SSSR count). The van der Waals surface area contributed by atoms with Crippen LogP contribution in [0.4, 0.5) is 0 Å². The summed E-state index contributed by atoms with van der Waals surface area (Å²) in [5.74, 6) is -0.0482. The van der Waals surface area contributed by atoms with E-state index in [0.717, 1.165) is 10.8 Å². The smallest absolute Gasteiger partial charge is 0.313 e. The summed E-state index contributed by atoms with van der Waals surface area (Å²) in [6.07, 6.45) is -0.246. The molecule has 0 atom stereocenters. The first-order valence-electron chi connectivity index (χ1n) is 6.42. The first kappa shape index (κ1) is 14.1. The summed E-state index contributed by atoms with van der Waals surface area (Å²) in [6.45, 7) is 1.99. The lowest BCUT2D eigenvalue weighted by Gasteiger charge is -2.09. The van der Waals surface area contributed by atoms with E-state index in [2.05, 4.69) is 0 Å². The van der Waals surface area contributed by atoms with E-state index in [9.17, 15) is 9.59 Å². The Bertz CT molecular complexity index is 646. The molecule has 20 heavy (non-hydrogen) atoms. The van der Waals surface area contributed by atoms with Crippen LogP contribution in [0.15, 0.2) is 36.4 Å². The number of ketones is 1. The fraction of sp³-hybridized carbons (Fsp3) is 0.250. The van der Waals surface area contributed by atoms with E-state index in [-0.39, 0.29) is 18.8 Å². The molecule has 2 aromatic rings. The summed E-state index contributed by atoms with van der Waals surface area (Å²) in [6, 6.07) is 10.9. The highest BCUT2D eigenvalue weighted by molar-refractivity contribution is 6.14. The van der Waals surface area contributed by atoms with Gasteiger partial charge in [0, 0.05) is 10.9 Å². The van der Waals surface area contributed by atoms with Gasteiger partial charge in [0.1, 0.15) is 12.2 Å². The van der Waals surface area contributed by atoms with Crippen molar-refractivity contribution in [2.24, 2.45) is 0 Å². The predicted molar refractivity (Wildman–Crippen MR) is 76.1 cm³/mol. The predicted octanol–water partition coefficient (Wildman–Crippen LogP) is 2.98. The van der Waals surface area contributed by atoms with Gasteiger partial charge < -0.3 is 9.47 Å². The molecule has 0 unspecified atom stereocenters. The zero-order valence-corrected chi connectivity index (χ0v) is 11.5. The van der Waals surface area contributed by atoms with E-state index in [1.807, 2.05) is 24.3 Å². The second-order valence-corrected chi connectivity index (χ2v) is 4.27. The molecule has 0 aliphatic rings. The van der Waals surface area contributed by atoms with Crippen molar-refractivity contribution in [3.05, 3.63) is 42.0 Å². The highest BCUT2D eigenvalue weighted by Gasteiger charge is 2.16. The average Bonchev–Trinajstić information content (AvgIpc) is 2.46. The van der Waals surface area contributed by atoms with E-state index >= 15 is 0 Å². The molecule has 0 spiro atoms. The van der Waals surface area contributed by atoms with Crippen LogP contribution in [0.3, 0.4) is 0 Å². The summed E-state index contributed by atoms with van der Waals surface area (Å²) in [4.78, 5) is 23.6. The first-order valence-corrected chi connectivity index (χ1v) is 6.42. The van der Waals surface area contributed by atoms with Crippen molar-refractivity contribution in [1.29, 1.82) is 0 Å². The monoisotopic (exact) mass is 272 g/mol. The molecule has 0 aliphatic carbocycles. The molecule has 4 heteroatoms. The van der Waals surface area contributed by atoms with Gasteiger partial charge in [-0.15, -0.1) is 0 Å². The van der Waals surface area contributed by atoms with Gasteiger partial charge in [-0.25, -0.2) is 0 Å². The minimum atomic E-state index is -0.502. The number of fused-ring (bicyclic) bond motifs is 1. The molecule has 0 bridgehead atoms. The summed E-state index contributed by atoms with van der Waals surface area (Å²) in [5.41, 5.74) is 0.509. The normalized spacial score (nSPS) is 10.3. The van der Waals surface area contributed by atoms with E-state index < -0.39 is 5.97 Å². The largest absolute Gasteiger partial charge is 0.496 e. The van der Waals surface area contributed by atoms with Crippen LogP contribution in [0, 0.1) is 0 Å². The van der Waals surface area contributed by atoms with Crippen molar-refractivity contribution in [3.63, 3.8) is 0 Å². The number of hydrogen-bond acceptors (Lipinski definition) is 4. The summed E-state index contributed by atoms with van der Waals surface area (Å²) < 4.78 is 10.1. The Balaban J connectivity index is 2.40. The lowest BCUT2D eigenvalue weighted by atomic mass is 9.99. The SMILES string of the molecule is CCOC(=O)CC(=O)c1ccc(OC)c2ccccc12. The Hall–Kier alpha value is -2.36. The van der Waals surface area contributed by atoms with E-state index in [1.54, 1.807) is 26.2 Å². The van der Waals surface area contributed by atoms with E-state index in [1.165, 1.54) is 0 Å². The number of carbonyl (C=O) groups is 2. The van der Waals surface area contributed by atoms with Crippen molar-refractivity contribution in [2.75, 3.05) is 13.7 Å². The maximum Gasteiger partial charge on any atom is 0.313 e. The maximum atomic E-state index is 12.2. The first-order chi connectivity index (χ1) is 9.67. The van der Waals surface area contributed by atoms with Gasteiger partial charge in [-0.1, -0.05) is 24.3 Å². The number of ether oxygens (including phenoxy) is 2. The molecular formula is C16H16O4. The molecule has 0 heterocycles. The minimum Gasteiger partial charge on any atom is -0.496 e. The van der Waals surface area contributed by atoms with Crippen LogP contribution in [0.5, 0.6) is 5.75 Å². The minimum absolute atomic E-state index is 0.246. The molecule has 0 aliphatic heterocycles. The summed E-state index contributed by atoms with van der Waals surface area (Å²) in [7, 11) is 1.59. The van der Waals surface area contributed by atoms with E-state index in [4.69, 9.17) is 9.47 Å². The number of esters is 1. The standard InChI is InChI=1S/C16H16O4/c1-3-20-16(18)10-14(17)12-8-9-15(19-2)13-7-5-4-6-11(12)13/h4-9H,3,10H2,1-2H3. The molecule has 104 valence electrons. The van der Waals surface area contributed by atoms with Crippen molar-refractivity contribution in [3.8, 4) is 5.75 Å². The second-order valence-electron chi connectivity index (χ2n) is 4.27. The van der Waals surface area contributed by atoms with Gasteiger partial charge in [0.05, 0.1) is 13.7 Å². The topological polar surface area (TPSA) is 52.6 Å². The van der Waals surface area contributed by atoms with Gasteiger partial charge in [0.15, 0.2) is 5.78 Å². The molecule has 4 nitrogen and oxygen atoms in total. The van der Waals surface area contributed by atoms with Crippen molar-refractivity contribution >= 4 is 22.5 Å². The number of rotatable bonds is 5. The Kier molecular flexibility index (Phi) is 4.35. The molecule has 0 N–H and O–H groups in total. The molecule has 0 radical (unpaired) electrons. The van der Waals surface area contributed by atoms with Crippen LogP contribution in [0.2, 0.25) is 0 Å². The summed E-state index contributed by atoms with van der Waals surface area (Å²) >= 11 is 0. The lowest BCUT2D eigenvalue weighted by molar-refractivity contribution is -0.141. The maximum absolute atomic E-state index is 12.2. The van der Waals surface area contributed by atoms with Crippen LogP contribution < -0.4 is 4.74 Å². The van der Waals surface area contributed by atoms with Crippen LogP contribution >= 0.6 is 0 Å². The Labute approximate surface area is 117 Å². The number of hydrogen-bond donors (Lipinski definition) is 0. The van der Waals surface area contributed by atoms with Gasteiger partial charge in [-0.3, -0.25) is 9.59 Å². The quantitative estimate of drug-likeness (QED) is 0.477. The molecule has 0 saturated heterocycles. The van der Waals surface area contributed by atoms with Gasteiger partial charge in [-0.2, -0.15) is 0 Å². The van der Waals surface area contributed by atoms with Crippen molar-refractivity contribution in [1.82, 2.24) is 0 Å². The lowest BCUT2D eigenvalue weighted by Crippen LogP contribution is -2.11. The van der Waals surface area contributed by atoms with Gasteiger partial charge in [-0.05, 0) is 24.4 Å². The molecule has 0 fully saturated rings. The zero-order chi connectivity index (χ0) is 14.5. The Morgan fingerprint density at radius 3 is 2.40 bits per heavy atom. The van der Waals surface area contributed by atoms with Crippen LogP contribution in [-0.2, 0) is 9.53 Å². The number of benzene rings is 2. The number of carbonyl (C=O) groups excluding carboxylic acids is 2. The van der Waals surface area contributed by atoms with E-state index in [0.29, 0.717) is 11.3 Å². The van der Waals surface area contributed by atoms with Crippen LogP contribution in [0.1, 0.15) is 23.7 Å². The van der Waals surface area contributed by atoms with Gasteiger partial charge >= 0.3 is 5.97 Å². The fourth-order valence-electron chi connectivity index (χ4n) is 2.13. The average molecular weight is 272 g/mol. The van der Waals surface area contributed by atoms with Crippen LogP contribution in [0.25, 0.3) is 10.8 Å².